The van der Waals surface area contributed by atoms with Crippen LogP contribution in [-0.2, 0) is 9.59 Å². The van der Waals surface area contributed by atoms with Crippen molar-refractivity contribution >= 4 is 11.9 Å². The van der Waals surface area contributed by atoms with Gasteiger partial charge in [0.25, 0.3) is 0 Å². The summed E-state index contributed by atoms with van der Waals surface area (Å²) in [5.41, 5.74) is 5.33. The van der Waals surface area contributed by atoms with Crippen LogP contribution >= 0.6 is 0 Å². The molecule has 0 bridgehead atoms. The Kier molecular flexibility index (Phi) is 5.88. The second kappa shape index (κ2) is 6.36. The maximum absolute atomic E-state index is 11.3. The zero-order valence-corrected chi connectivity index (χ0v) is 8.93. The molecule has 0 saturated heterocycles. The lowest BCUT2D eigenvalue weighted by atomic mass is 10.1. The van der Waals surface area contributed by atoms with Crippen LogP contribution in [-0.4, -0.2) is 40.8 Å². The number of rotatable bonds is 6. The molecule has 88 valence electrons. The van der Waals surface area contributed by atoms with Gasteiger partial charge in [-0.1, -0.05) is 6.92 Å². The number of carbonyl (C=O) groups is 2. The van der Waals surface area contributed by atoms with Crippen molar-refractivity contribution < 1.29 is 19.8 Å². The molecule has 0 saturated carbocycles. The summed E-state index contributed by atoms with van der Waals surface area (Å²) in [7, 11) is 0. The summed E-state index contributed by atoms with van der Waals surface area (Å²) in [6.07, 6.45) is -0.966. The van der Waals surface area contributed by atoms with Crippen LogP contribution in [0.5, 0.6) is 0 Å². The number of hydrogen-bond acceptors (Lipinski definition) is 4. The van der Waals surface area contributed by atoms with Gasteiger partial charge in [0, 0.05) is 6.42 Å². The molecule has 0 aromatic rings. The van der Waals surface area contributed by atoms with Crippen molar-refractivity contribution in [1.29, 1.82) is 0 Å². The number of aliphatic hydroxyl groups excluding tert-OH is 1. The highest BCUT2D eigenvalue weighted by Crippen LogP contribution is 2.00. The van der Waals surface area contributed by atoms with Gasteiger partial charge in [-0.2, -0.15) is 0 Å². The molecule has 5 N–H and O–H groups in total. The topological polar surface area (TPSA) is 113 Å². The summed E-state index contributed by atoms with van der Waals surface area (Å²) in [5.74, 6) is -1.67. The van der Waals surface area contributed by atoms with Gasteiger partial charge in [-0.3, -0.25) is 4.79 Å². The lowest BCUT2D eigenvalue weighted by molar-refractivity contribution is -0.144. The van der Waals surface area contributed by atoms with Gasteiger partial charge in [0.2, 0.25) is 5.91 Å². The number of carbonyl (C=O) groups excluding carboxylic acids is 1. The van der Waals surface area contributed by atoms with Crippen molar-refractivity contribution in [2.24, 2.45) is 11.7 Å². The zero-order valence-electron chi connectivity index (χ0n) is 8.93. The maximum atomic E-state index is 11.3. The summed E-state index contributed by atoms with van der Waals surface area (Å²) in [4.78, 5) is 21.9. The highest BCUT2D eigenvalue weighted by Gasteiger charge is 2.25. The average molecular weight is 218 g/mol. The Labute approximate surface area is 88.5 Å². The summed E-state index contributed by atoms with van der Waals surface area (Å²) < 4.78 is 0. The van der Waals surface area contributed by atoms with Gasteiger partial charge < -0.3 is 21.3 Å². The van der Waals surface area contributed by atoms with E-state index < -0.39 is 24.0 Å². The number of carboxylic acid groups (broad SMARTS) is 1. The van der Waals surface area contributed by atoms with Gasteiger partial charge in [0.05, 0.1) is 6.10 Å². The molecule has 0 aliphatic rings. The van der Waals surface area contributed by atoms with Gasteiger partial charge in [0.15, 0.2) is 6.04 Å². The third kappa shape index (κ3) is 5.34. The first kappa shape index (κ1) is 13.9. The number of nitrogens with one attached hydrogen (secondary N) is 1. The Morgan fingerprint density at radius 1 is 1.40 bits per heavy atom. The van der Waals surface area contributed by atoms with Crippen LogP contribution in [0.2, 0.25) is 0 Å². The van der Waals surface area contributed by atoms with Crippen molar-refractivity contribution in [2.75, 3.05) is 6.54 Å². The van der Waals surface area contributed by atoms with Crippen LogP contribution in [0, 0.1) is 5.92 Å². The van der Waals surface area contributed by atoms with Crippen LogP contribution < -0.4 is 11.1 Å². The fourth-order valence-electron chi connectivity index (χ4n) is 1.02. The van der Waals surface area contributed by atoms with E-state index in [0.717, 1.165) is 0 Å². The lowest BCUT2D eigenvalue weighted by Gasteiger charge is -2.18. The molecule has 0 aliphatic heterocycles. The van der Waals surface area contributed by atoms with Crippen molar-refractivity contribution in [2.45, 2.75) is 32.4 Å². The van der Waals surface area contributed by atoms with E-state index in [4.69, 9.17) is 15.9 Å². The fraction of sp³-hybridized carbons (Fsp3) is 0.778. The number of nitrogens with two attached hydrogens (primary N) is 1. The van der Waals surface area contributed by atoms with Crippen molar-refractivity contribution in [1.82, 2.24) is 5.32 Å². The van der Waals surface area contributed by atoms with Crippen molar-refractivity contribution in [3.05, 3.63) is 0 Å². The Morgan fingerprint density at radius 3 is 2.27 bits per heavy atom. The summed E-state index contributed by atoms with van der Waals surface area (Å²) in [6, 6.07) is -1.26. The maximum Gasteiger partial charge on any atom is 0.328 e. The minimum Gasteiger partial charge on any atom is -0.480 e. The van der Waals surface area contributed by atoms with Crippen LogP contribution in [0.25, 0.3) is 0 Å². The van der Waals surface area contributed by atoms with Crippen molar-refractivity contribution in [3.8, 4) is 0 Å². The SMILES string of the molecule is CC(CN)CC(=O)N[C@H](C(=O)O)[C@@H](C)O. The highest BCUT2D eigenvalue weighted by atomic mass is 16.4. The molecule has 0 rings (SSSR count). The molecule has 0 aromatic carbocycles. The van der Waals surface area contributed by atoms with E-state index in [-0.39, 0.29) is 12.3 Å². The molecule has 0 radical (unpaired) electrons. The monoisotopic (exact) mass is 218 g/mol. The standard InChI is InChI=1S/C9H18N2O4/c1-5(4-10)3-7(13)11-8(6(2)12)9(14)15/h5-6,8,12H,3-4,10H2,1-2H3,(H,11,13)(H,14,15)/t5?,6-,8+/m1/s1. The fourth-order valence-corrected chi connectivity index (χ4v) is 1.02. The molecule has 6 nitrogen and oxygen atoms in total. The lowest BCUT2D eigenvalue weighted by Crippen LogP contribution is -2.48. The molecule has 0 aromatic heterocycles. The molecule has 1 unspecified atom stereocenters. The second-order valence-corrected chi connectivity index (χ2v) is 3.67. The van der Waals surface area contributed by atoms with E-state index in [1.807, 2.05) is 0 Å². The van der Waals surface area contributed by atoms with Crippen LogP contribution in [0.1, 0.15) is 20.3 Å². The largest absolute Gasteiger partial charge is 0.480 e. The Bertz CT molecular complexity index is 230. The first-order valence-electron chi connectivity index (χ1n) is 4.78. The third-order valence-corrected chi connectivity index (χ3v) is 2.00. The van der Waals surface area contributed by atoms with E-state index in [2.05, 4.69) is 5.32 Å². The molecule has 15 heavy (non-hydrogen) atoms. The Morgan fingerprint density at radius 2 is 1.93 bits per heavy atom. The number of hydrogen-bond donors (Lipinski definition) is 4. The first-order valence-corrected chi connectivity index (χ1v) is 4.78. The highest BCUT2D eigenvalue weighted by molar-refractivity contribution is 5.84. The predicted molar refractivity (Wildman–Crippen MR) is 54.1 cm³/mol. The number of amides is 1. The van der Waals surface area contributed by atoms with E-state index in [1.54, 1.807) is 6.92 Å². The quantitative estimate of drug-likeness (QED) is 0.453. The summed E-state index contributed by atoms with van der Waals surface area (Å²) in [6.45, 7) is 3.46. The normalized spacial score (nSPS) is 16.5. The van der Waals surface area contributed by atoms with E-state index in [1.165, 1.54) is 6.92 Å². The molecule has 1 amide bonds. The Balaban J connectivity index is 4.18. The van der Waals surface area contributed by atoms with Gasteiger partial charge >= 0.3 is 5.97 Å². The van der Waals surface area contributed by atoms with E-state index >= 15 is 0 Å². The minimum absolute atomic E-state index is 0.00607. The predicted octanol–water partition coefficient (Wildman–Crippen LogP) is -1.08. The molecule has 0 spiro atoms. The second-order valence-electron chi connectivity index (χ2n) is 3.67. The van der Waals surface area contributed by atoms with Crippen LogP contribution in [0.15, 0.2) is 0 Å². The third-order valence-electron chi connectivity index (χ3n) is 2.00. The van der Waals surface area contributed by atoms with Gasteiger partial charge in [-0.15, -0.1) is 0 Å². The van der Waals surface area contributed by atoms with Gasteiger partial charge in [-0.25, -0.2) is 4.79 Å². The van der Waals surface area contributed by atoms with Crippen molar-refractivity contribution in [3.63, 3.8) is 0 Å². The summed E-state index contributed by atoms with van der Waals surface area (Å²) in [5, 5.41) is 20.0. The van der Waals surface area contributed by atoms with Gasteiger partial charge in [-0.05, 0) is 19.4 Å². The first-order chi connectivity index (χ1) is 6.88. The molecule has 0 fully saturated rings. The van der Waals surface area contributed by atoms with E-state index in [9.17, 15) is 9.59 Å². The average Bonchev–Trinajstić information content (AvgIpc) is 2.12. The minimum atomic E-state index is -1.26. The molecular weight excluding hydrogens is 200 g/mol. The van der Waals surface area contributed by atoms with Gasteiger partial charge in [0.1, 0.15) is 0 Å². The summed E-state index contributed by atoms with van der Waals surface area (Å²) >= 11 is 0. The smallest absolute Gasteiger partial charge is 0.328 e. The number of carboxylic acids is 1. The van der Waals surface area contributed by atoms with E-state index in [0.29, 0.717) is 6.54 Å². The van der Waals surface area contributed by atoms with Crippen LogP contribution in [0.4, 0.5) is 0 Å². The molecule has 3 atom stereocenters. The number of aliphatic carboxylic acids is 1. The molecule has 0 heterocycles. The zero-order chi connectivity index (χ0) is 12.0. The Hall–Kier alpha value is -1.14. The molecular formula is C9H18N2O4. The molecule has 0 aliphatic carbocycles. The number of aliphatic hydroxyl groups is 1. The van der Waals surface area contributed by atoms with Crippen LogP contribution in [0.3, 0.4) is 0 Å². The molecule has 6 heteroatoms.